The molecule has 0 aliphatic carbocycles. The van der Waals surface area contributed by atoms with Gasteiger partial charge in [0.25, 0.3) is 0 Å². The van der Waals surface area contributed by atoms with E-state index in [4.69, 9.17) is 4.74 Å². The normalized spacial score (nSPS) is 19.5. The van der Waals surface area contributed by atoms with Crippen LogP contribution >= 0.6 is 0 Å². The van der Waals surface area contributed by atoms with Gasteiger partial charge in [-0.1, -0.05) is 6.42 Å². The van der Waals surface area contributed by atoms with Crippen molar-refractivity contribution in [3.05, 3.63) is 29.8 Å². The number of carbonyl (C=O) groups is 1. The summed E-state index contributed by atoms with van der Waals surface area (Å²) in [5, 5.41) is 0. The zero-order valence-corrected chi connectivity index (χ0v) is 13.6. The monoisotopic (exact) mass is 347 g/mol. The van der Waals surface area contributed by atoms with Gasteiger partial charge in [0.05, 0.1) is 13.0 Å². The van der Waals surface area contributed by atoms with Crippen LogP contribution in [0.4, 0.5) is 8.78 Å². The Kier molecular flexibility index (Phi) is 5.69. The fraction of sp³-hybridized carbons (Fsp3) is 0.533. The van der Waals surface area contributed by atoms with Gasteiger partial charge in [-0.2, -0.15) is 4.31 Å². The molecule has 0 unspecified atom stereocenters. The van der Waals surface area contributed by atoms with Crippen molar-refractivity contribution >= 4 is 16.0 Å². The smallest absolute Gasteiger partial charge is 0.307 e. The molecule has 8 heteroatoms. The summed E-state index contributed by atoms with van der Waals surface area (Å²) in [7, 11) is -4.21. The van der Waals surface area contributed by atoms with Gasteiger partial charge in [-0.05, 0) is 38.0 Å². The lowest BCUT2D eigenvalue weighted by atomic mass is 10.0. The lowest BCUT2D eigenvalue weighted by Gasteiger charge is -2.34. The number of hydrogen-bond acceptors (Lipinski definition) is 4. The first kappa shape index (κ1) is 17.8. The molecule has 1 saturated heterocycles. The molecule has 0 aromatic heterocycles. The lowest BCUT2D eigenvalue weighted by molar-refractivity contribution is -0.144. The molecule has 0 spiro atoms. The average molecular weight is 347 g/mol. The Bertz CT molecular complexity index is 678. The first-order valence-electron chi connectivity index (χ1n) is 7.48. The van der Waals surface area contributed by atoms with Gasteiger partial charge in [0.15, 0.2) is 0 Å². The maximum atomic E-state index is 13.9. The van der Waals surface area contributed by atoms with Crippen molar-refractivity contribution in [1.82, 2.24) is 4.31 Å². The minimum atomic E-state index is -4.21. The van der Waals surface area contributed by atoms with E-state index in [0.717, 1.165) is 22.9 Å². The van der Waals surface area contributed by atoms with E-state index in [1.807, 2.05) is 0 Å². The van der Waals surface area contributed by atoms with Gasteiger partial charge < -0.3 is 4.74 Å². The standard InChI is InChI=1S/C15H19F2NO4S/c1-2-22-15(19)10-12-5-3-4-8-18(12)23(20,21)14-9-11(16)6-7-13(14)17/h6-7,9,12H,2-5,8,10H2,1H3/t12-/m0/s1. The average Bonchev–Trinajstić information content (AvgIpc) is 2.50. The van der Waals surface area contributed by atoms with Crippen molar-refractivity contribution in [2.75, 3.05) is 13.2 Å². The zero-order chi connectivity index (χ0) is 17.0. The van der Waals surface area contributed by atoms with E-state index in [1.165, 1.54) is 0 Å². The highest BCUT2D eigenvalue weighted by Gasteiger charge is 2.36. The van der Waals surface area contributed by atoms with Crippen LogP contribution in [-0.2, 0) is 19.6 Å². The van der Waals surface area contributed by atoms with Crippen molar-refractivity contribution in [3.8, 4) is 0 Å². The number of sulfonamides is 1. The molecule has 128 valence electrons. The maximum Gasteiger partial charge on any atom is 0.307 e. The number of esters is 1. The molecule has 1 aromatic rings. The summed E-state index contributed by atoms with van der Waals surface area (Å²) in [6.45, 7) is 2.04. The van der Waals surface area contributed by atoms with Crippen molar-refractivity contribution < 1.29 is 26.7 Å². The third-order valence-corrected chi connectivity index (χ3v) is 5.73. The second-order valence-electron chi connectivity index (χ2n) is 5.35. The highest BCUT2D eigenvalue weighted by Crippen LogP contribution is 2.29. The Labute approximate surface area is 134 Å². The fourth-order valence-electron chi connectivity index (χ4n) is 2.71. The number of carbonyl (C=O) groups excluding carboxylic acids is 1. The van der Waals surface area contributed by atoms with Gasteiger partial charge in [0, 0.05) is 12.6 Å². The van der Waals surface area contributed by atoms with Crippen LogP contribution in [0.5, 0.6) is 0 Å². The molecule has 1 aliphatic heterocycles. The molecular formula is C15H19F2NO4S. The molecule has 1 aliphatic rings. The second kappa shape index (κ2) is 7.35. The first-order valence-corrected chi connectivity index (χ1v) is 8.92. The molecule has 5 nitrogen and oxygen atoms in total. The van der Waals surface area contributed by atoms with E-state index in [0.29, 0.717) is 18.9 Å². The molecule has 0 amide bonds. The van der Waals surface area contributed by atoms with E-state index in [1.54, 1.807) is 6.92 Å². The Morgan fingerprint density at radius 3 is 2.78 bits per heavy atom. The second-order valence-corrected chi connectivity index (χ2v) is 7.21. The number of hydrogen-bond donors (Lipinski definition) is 0. The SMILES string of the molecule is CCOC(=O)C[C@@H]1CCCCN1S(=O)(=O)c1cc(F)ccc1F. The van der Waals surface area contributed by atoms with E-state index < -0.39 is 38.6 Å². The van der Waals surface area contributed by atoms with Crippen molar-refractivity contribution in [2.45, 2.75) is 43.5 Å². The van der Waals surface area contributed by atoms with Crippen LogP contribution < -0.4 is 0 Å². The van der Waals surface area contributed by atoms with E-state index in [2.05, 4.69) is 0 Å². The maximum absolute atomic E-state index is 13.9. The molecule has 0 saturated carbocycles. The van der Waals surface area contributed by atoms with Gasteiger partial charge in [-0.15, -0.1) is 0 Å². The third kappa shape index (κ3) is 4.06. The van der Waals surface area contributed by atoms with Gasteiger partial charge in [-0.25, -0.2) is 17.2 Å². The number of ether oxygens (including phenoxy) is 1. The summed E-state index contributed by atoms with van der Waals surface area (Å²) < 4.78 is 58.5. The molecule has 0 radical (unpaired) electrons. The topological polar surface area (TPSA) is 63.7 Å². The number of nitrogens with zero attached hydrogens (tertiary/aromatic N) is 1. The minimum absolute atomic E-state index is 0.0932. The van der Waals surface area contributed by atoms with Crippen LogP contribution in [0.25, 0.3) is 0 Å². The number of rotatable bonds is 5. The quantitative estimate of drug-likeness (QED) is 0.768. The summed E-state index contributed by atoms with van der Waals surface area (Å²) in [6.07, 6.45) is 1.76. The summed E-state index contributed by atoms with van der Waals surface area (Å²) in [6, 6.07) is 1.71. The first-order chi connectivity index (χ1) is 10.9. The van der Waals surface area contributed by atoms with Crippen LogP contribution in [0.2, 0.25) is 0 Å². The van der Waals surface area contributed by atoms with E-state index in [-0.39, 0.29) is 19.6 Å². The van der Waals surface area contributed by atoms with Gasteiger partial charge in [0.1, 0.15) is 16.5 Å². The molecule has 1 heterocycles. The van der Waals surface area contributed by atoms with Gasteiger partial charge >= 0.3 is 5.97 Å². The largest absolute Gasteiger partial charge is 0.466 e. The summed E-state index contributed by atoms with van der Waals surface area (Å²) in [4.78, 5) is 11.0. The summed E-state index contributed by atoms with van der Waals surface area (Å²) in [5.74, 6) is -2.34. The van der Waals surface area contributed by atoms with Crippen LogP contribution in [0.3, 0.4) is 0 Å². The number of piperidine rings is 1. The number of halogens is 2. The Hall–Kier alpha value is -1.54. The molecule has 1 fully saturated rings. The lowest BCUT2D eigenvalue weighted by Crippen LogP contribution is -2.45. The highest BCUT2D eigenvalue weighted by molar-refractivity contribution is 7.89. The van der Waals surface area contributed by atoms with Crippen LogP contribution in [0.1, 0.15) is 32.6 Å². The van der Waals surface area contributed by atoms with Crippen molar-refractivity contribution in [3.63, 3.8) is 0 Å². The van der Waals surface area contributed by atoms with Crippen molar-refractivity contribution in [2.24, 2.45) is 0 Å². The van der Waals surface area contributed by atoms with Crippen LogP contribution in [-0.4, -0.2) is 37.9 Å². The molecular weight excluding hydrogens is 328 g/mol. The molecule has 0 N–H and O–H groups in total. The van der Waals surface area contributed by atoms with E-state index in [9.17, 15) is 22.0 Å². The van der Waals surface area contributed by atoms with E-state index >= 15 is 0 Å². The van der Waals surface area contributed by atoms with Crippen LogP contribution in [0, 0.1) is 11.6 Å². The summed E-state index contributed by atoms with van der Waals surface area (Å²) in [5.41, 5.74) is 0. The fourth-order valence-corrected chi connectivity index (χ4v) is 4.48. The van der Waals surface area contributed by atoms with Crippen molar-refractivity contribution in [1.29, 1.82) is 0 Å². The van der Waals surface area contributed by atoms with Crippen LogP contribution in [0.15, 0.2) is 23.1 Å². The van der Waals surface area contributed by atoms with Gasteiger partial charge in [0.2, 0.25) is 10.0 Å². The molecule has 23 heavy (non-hydrogen) atoms. The predicted octanol–water partition coefficient (Wildman–Crippen LogP) is 2.46. The molecule has 1 atom stereocenters. The number of benzene rings is 1. The van der Waals surface area contributed by atoms with Gasteiger partial charge in [-0.3, -0.25) is 4.79 Å². The Balaban J connectivity index is 2.31. The zero-order valence-electron chi connectivity index (χ0n) is 12.8. The molecule has 0 bridgehead atoms. The Morgan fingerprint density at radius 1 is 1.35 bits per heavy atom. The summed E-state index contributed by atoms with van der Waals surface area (Å²) >= 11 is 0. The third-order valence-electron chi connectivity index (χ3n) is 3.76. The predicted molar refractivity (Wildman–Crippen MR) is 79.1 cm³/mol. The molecule has 2 rings (SSSR count). The minimum Gasteiger partial charge on any atom is -0.466 e. The Morgan fingerprint density at radius 2 is 2.09 bits per heavy atom. The molecule has 1 aromatic carbocycles. The highest BCUT2D eigenvalue weighted by atomic mass is 32.2.